The van der Waals surface area contributed by atoms with E-state index in [0.717, 1.165) is 38.9 Å². The smallest absolute Gasteiger partial charge is 0.0808 e. The molecular formula is C26H36N2O2. The molecule has 0 radical (unpaired) electrons. The monoisotopic (exact) mass is 408 g/mol. The fourth-order valence-electron chi connectivity index (χ4n) is 4.88. The Balaban J connectivity index is 1.00. The van der Waals surface area contributed by atoms with Crippen LogP contribution in [0.1, 0.15) is 72.9 Å². The van der Waals surface area contributed by atoms with Crippen LogP contribution in [0.25, 0.3) is 0 Å². The lowest BCUT2D eigenvalue weighted by Gasteiger charge is -2.17. The Labute approximate surface area is 180 Å². The standard InChI is InChI=1S/C26H36N2O2/c27-25-21-13-7-5-11-19(21)17-23(25)29-15-9-3-1-2-4-10-16-30-24-18-20-12-6-8-14-22(20)26(24)28/h5-8,11-14,23-26H,1-4,9-10,15-18,27-28H2/t23-,24-,25+,26+/m1/s1. The Kier molecular flexibility index (Phi) is 7.56. The molecule has 0 amide bonds. The third kappa shape index (κ3) is 5.12. The van der Waals surface area contributed by atoms with E-state index in [-0.39, 0.29) is 24.3 Å². The molecule has 0 fully saturated rings. The third-order valence-electron chi connectivity index (χ3n) is 6.67. The molecule has 2 aliphatic rings. The maximum atomic E-state index is 6.33. The van der Waals surface area contributed by atoms with Gasteiger partial charge in [0.2, 0.25) is 0 Å². The molecule has 2 aromatic carbocycles. The van der Waals surface area contributed by atoms with Crippen LogP contribution in [0, 0.1) is 0 Å². The van der Waals surface area contributed by atoms with E-state index in [0.29, 0.717) is 0 Å². The van der Waals surface area contributed by atoms with Crippen LogP contribution in [0.15, 0.2) is 48.5 Å². The highest BCUT2D eigenvalue weighted by Gasteiger charge is 2.30. The molecule has 0 heterocycles. The van der Waals surface area contributed by atoms with Crippen molar-refractivity contribution in [3.05, 3.63) is 70.8 Å². The second-order valence-electron chi connectivity index (χ2n) is 8.80. The van der Waals surface area contributed by atoms with Crippen molar-refractivity contribution < 1.29 is 9.47 Å². The molecule has 4 rings (SSSR count). The van der Waals surface area contributed by atoms with Crippen LogP contribution in [0.4, 0.5) is 0 Å². The SMILES string of the molecule is N[C@H]1c2ccccc2C[C@H]1OCCCCCCCCO[C@@H]1Cc2ccccc2[C@@H]1N. The first kappa shape index (κ1) is 21.5. The van der Waals surface area contributed by atoms with Crippen LogP contribution in [0.5, 0.6) is 0 Å². The number of rotatable bonds is 11. The van der Waals surface area contributed by atoms with Gasteiger partial charge in [0.05, 0.1) is 24.3 Å². The van der Waals surface area contributed by atoms with Crippen LogP contribution in [-0.4, -0.2) is 25.4 Å². The highest BCUT2D eigenvalue weighted by atomic mass is 16.5. The van der Waals surface area contributed by atoms with Crippen molar-refractivity contribution in [3.63, 3.8) is 0 Å². The zero-order valence-electron chi connectivity index (χ0n) is 18.0. The quantitative estimate of drug-likeness (QED) is 0.533. The largest absolute Gasteiger partial charge is 0.376 e. The Morgan fingerprint density at radius 2 is 1.00 bits per heavy atom. The molecule has 0 bridgehead atoms. The summed E-state index contributed by atoms with van der Waals surface area (Å²) < 4.78 is 12.2. The normalized spacial score (nSPS) is 24.7. The first-order valence-corrected chi connectivity index (χ1v) is 11.6. The van der Waals surface area contributed by atoms with E-state index < -0.39 is 0 Å². The Bertz CT molecular complexity index is 742. The summed E-state index contributed by atoms with van der Waals surface area (Å²) in [5, 5.41) is 0. The molecule has 2 aliphatic carbocycles. The average molecular weight is 409 g/mol. The fourth-order valence-corrected chi connectivity index (χ4v) is 4.88. The number of unbranched alkanes of at least 4 members (excludes halogenated alkanes) is 5. The van der Waals surface area contributed by atoms with Gasteiger partial charge < -0.3 is 20.9 Å². The summed E-state index contributed by atoms with van der Waals surface area (Å²) in [4.78, 5) is 0. The summed E-state index contributed by atoms with van der Waals surface area (Å²) in [7, 11) is 0. The van der Waals surface area contributed by atoms with Crippen molar-refractivity contribution in [2.24, 2.45) is 11.5 Å². The number of nitrogens with two attached hydrogens (primary N) is 2. The minimum atomic E-state index is 0.0296. The molecule has 0 spiro atoms. The predicted molar refractivity (Wildman–Crippen MR) is 121 cm³/mol. The lowest BCUT2D eigenvalue weighted by molar-refractivity contribution is 0.0395. The van der Waals surface area contributed by atoms with Gasteiger partial charge in [0.25, 0.3) is 0 Å². The Morgan fingerprint density at radius 1 is 0.600 bits per heavy atom. The van der Waals surface area contributed by atoms with Crippen molar-refractivity contribution >= 4 is 0 Å². The van der Waals surface area contributed by atoms with Gasteiger partial charge in [-0.1, -0.05) is 74.2 Å². The van der Waals surface area contributed by atoms with E-state index in [9.17, 15) is 0 Å². The van der Waals surface area contributed by atoms with Gasteiger partial charge in [0.1, 0.15) is 0 Å². The van der Waals surface area contributed by atoms with Crippen LogP contribution in [-0.2, 0) is 22.3 Å². The minimum Gasteiger partial charge on any atom is -0.376 e. The summed E-state index contributed by atoms with van der Waals surface area (Å²) in [6.45, 7) is 1.63. The van der Waals surface area contributed by atoms with Gasteiger partial charge in [-0.25, -0.2) is 0 Å². The molecule has 4 atom stereocenters. The van der Waals surface area contributed by atoms with Gasteiger partial charge >= 0.3 is 0 Å². The Morgan fingerprint density at radius 3 is 1.43 bits per heavy atom. The van der Waals surface area contributed by atoms with E-state index in [1.165, 1.54) is 47.9 Å². The summed E-state index contributed by atoms with van der Waals surface area (Å²) >= 11 is 0. The maximum absolute atomic E-state index is 6.33. The van der Waals surface area contributed by atoms with Gasteiger partial charge in [-0.15, -0.1) is 0 Å². The molecule has 2 aromatic rings. The topological polar surface area (TPSA) is 70.5 Å². The van der Waals surface area contributed by atoms with Gasteiger partial charge in [-0.2, -0.15) is 0 Å². The van der Waals surface area contributed by atoms with Gasteiger partial charge in [0.15, 0.2) is 0 Å². The van der Waals surface area contributed by atoms with Crippen LogP contribution >= 0.6 is 0 Å². The molecule has 4 N–H and O–H groups in total. The predicted octanol–water partition coefficient (Wildman–Crippen LogP) is 4.61. The lowest BCUT2D eigenvalue weighted by Crippen LogP contribution is -2.25. The van der Waals surface area contributed by atoms with Crippen molar-refractivity contribution in [1.82, 2.24) is 0 Å². The van der Waals surface area contributed by atoms with Gasteiger partial charge in [-0.05, 0) is 35.1 Å². The average Bonchev–Trinajstić information content (AvgIpc) is 3.26. The van der Waals surface area contributed by atoms with E-state index in [1.54, 1.807) is 0 Å². The molecule has 0 aliphatic heterocycles. The van der Waals surface area contributed by atoms with Crippen LogP contribution < -0.4 is 11.5 Å². The van der Waals surface area contributed by atoms with Crippen molar-refractivity contribution in [3.8, 4) is 0 Å². The molecule has 0 saturated carbocycles. The summed E-state index contributed by atoms with van der Waals surface area (Å²) in [5.41, 5.74) is 17.9. The lowest BCUT2D eigenvalue weighted by atomic mass is 10.1. The highest BCUT2D eigenvalue weighted by molar-refractivity contribution is 5.36. The van der Waals surface area contributed by atoms with Gasteiger partial charge in [0, 0.05) is 26.1 Å². The Hall–Kier alpha value is -1.72. The fraction of sp³-hybridized carbons (Fsp3) is 0.538. The van der Waals surface area contributed by atoms with E-state index in [2.05, 4.69) is 48.5 Å². The molecule has 30 heavy (non-hydrogen) atoms. The van der Waals surface area contributed by atoms with Gasteiger partial charge in [-0.3, -0.25) is 0 Å². The first-order valence-electron chi connectivity index (χ1n) is 11.6. The summed E-state index contributed by atoms with van der Waals surface area (Å²) in [6.07, 6.45) is 9.39. The number of fused-ring (bicyclic) bond motifs is 2. The van der Waals surface area contributed by atoms with Crippen LogP contribution in [0.3, 0.4) is 0 Å². The number of ether oxygens (including phenoxy) is 2. The summed E-state index contributed by atoms with van der Waals surface area (Å²) in [5.74, 6) is 0. The molecule has 4 nitrogen and oxygen atoms in total. The first-order chi connectivity index (χ1) is 14.7. The number of hydrogen-bond acceptors (Lipinski definition) is 4. The van der Waals surface area contributed by atoms with Crippen molar-refractivity contribution in [1.29, 1.82) is 0 Å². The molecule has 0 saturated heterocycles. The van der Waals surface area contributed by atoms with Crippen LogP contribution in [0.2, 0.25) is 0 Å². The molecule has 0 unspecified atom stereocenters. The zero-order chi connectivity index (χ0) is 20.8. The molecular weight excluding hydrogens is 372 g/mol. The highest BCUT2D eigenvalue weighted by Crippen LogP contribution is 2.32. The van der Waals surface area contributed by atoms with E-state index >= 15 is 0 Å². The maximum Gasteiger partial charge on any atom is 0.0808 e. The van der Waals surface area contributed by atoms with Crippen molar-refractivity contribution in [2.75, 3.05) is 13.2 Å². The second kappa shape index (κ2) is 10.5. The minimum absolute atomic E-state index is 0.0296. The second-order valence-corrected chi connectivity index (χ2v) is 8.80. The third-order valence-corrected chi connectivity index (χ3v) is 6.67. The molecule has 162 valence electrons. The van der Waals surface area contributed by atoms with E-state index in [1.807, 2.05) is 0 Å². The summed E-state index contributed by atoms with van der Waals surface area (Å²) in [6, 6.07) is 17.0. The van der Waals surface area contributed by atoms with E-state index in [4.69, 9.17) is 20.9 Å². The van der Waals surface area contributed by atoms with Crippen molar-refractivity contribution in [2.45, 2.75) is 75.7 Å². The zero-order valence-corrected chi connectivity index (χ0v) is 18.0. The molecule has 0 aromatic heterocycles. The molecule has 4 heteroatoms. The number of hydrogen-bond donors (Lipinski definition) is 2. The number of benzene rings is 2.